The summed E-state index contributed by atoms with van der Waals surface area (Å²) in [6, 6.07) is 1.51. The van der Waals surface area contributed by atoms with Gasteiger partial charge in [0, 0.05) is 17.8 Å². The van der Waals surface area contributed by atoms with Crippen molar-refractivity contribution in [3.8, 4) is 0 Å². The Hall–Kier alpha value is -1.32. The molecule has 0 atom stereocenters. The highest BCUT2D eigenvalue weighted by Crippen LogP contribution is 2.31. The number of nitrogens with zero attached hydrogens (tertiary/aromatic N) is 1. The lowest BCUT2D eigenvalue weighted by Gasteiger charge is -2.12. The number of hydrogen-bond acceptors (Lipinski definition) is 2. The monoisotopic (exact) mass is 222 g/mol. The first-order valence-corrected chi connectivity index (χ1v) is 5.95. The van der Waals surface area contributed by atoms with Gasteiger partial charge in [-0.15, -0.1) is 0 Å². The van der Waals surface area contributed by atoms with Crippen LogP contribution in [0.25, 0.3) is 0 Å². The molecule has 0 saturated heterocycles. The fourth-order valence-electron chi connectivity index (χ4n) is 2.47. The molecule has 0 radical (unpaired) electrons. The molecule has 1 N–H and O–H groups in total. The van der Waals surface area contributed by atoms with E-state index in [1.54, 1.807) is 6.07 Å². The molecule has 1 fully saturated rings. The van der Waals surface area contributed by atoms with Crippen molar-refractivity contribution in [3.05, 3.63) is 32.6 Å². The van der Waals surface area contributed by atoms with Crippen LogP contribution in [0.2, 0.25) is 0 Å². The Bertz CT molecular complexity index is 447. The van der Waals surface area contributed by atoms with Gasteiger partial charge in [-0.1, -0.05) is 12.8 Å². The minimum absolute atomic E-state index is 0.0890. The standard InChI is InChI=1S/C12H18N2O2/c1-8(2)14-11(15)7-10(13-12(14)16)9-5-3-4-6-9/h7-9H,3-6H2,1-2H3,(H,13,16). The Morgan fingerprint density at radius 1 is 1.31 bits per heavy atom. The lowest BCUT2D eigenvalue weighted by atomic mass is 10.0. The van der Waals surface area contributed by atoms with Crippen LogP contribution in [-0.4, -0.2) is 9.55 Å². The average Bonchev–Trinajstić information content (AvgIpc) is 2.67. The Morgan fingerprint density at radius 2 is 1.94 bits per heavy atom. The van der Waals surface area contributed by atoms with Gasteiger partial charge in [0.25, 0.3) is 5.56 Å². The van der Waals surface area contributed by atoms with Gasteiger partial charge in [0.15, 0.2) is 0 Å². The van der Waals surface area contributed by atoms with Crippen LogP contribution in [0.5, 0.6) is 0 Å². The predicted molar refractivity (Wildman–Crippen MR) is 62.9 cm³/mol. The van der Waals surface area contributed by atoms with E-state index in [2.05, 4.69) is 4.98 Å². The number of H-pyrrole nitrogens is 1. The summed E-state index contributed by atoms with van der Waals surface area (Å²) in [5.74, 6) is 0.377. The van der Waals surface area contributed by atoms with E-state index in [4.69, 9.17) is 0 Å². The highest BCUT2D eigenvalue weighted by Gasteiger charge is 2.19. The lowest BCUT2D eigenvalue weighted by molar-refractivity contribution is 0.535. The molecular formula is C12H18N2O2. The van der Waals surface area contributed by atoms with Crippen LogP contribution in [-0.2, 0) is 0 Å². The lowest BCUT2D eigenvalue weighted by Crippen LogP contribution is -2.37. The van der Waals surface area contributed by atoms with Gasteiger partial charge in [0.05, 0.1) is 0 Å². The number of hydrogen-bond donors (Lipinski definition) is 1. The van der Waals surface area contributed by atoms with Gasteiger partial charge in [-0.3, -0.25) is 9.36 Å². The fourth-order valence-corrected chi connectivity index (χ4v) is 2.47. The number of rotatable bonds is 2. The van der Waals surface area contributed by atoms with E-state index >= 15 is 0 Å². The minimum atomic E-state index is -0.274. The van der Waals surface area contributed by atoms with Gasteiger partial charge in [-0.25, -0.2) is 4.79 Å². The van der Waals surface area contributed by atoms with Gasteiger partial charge >= 0.3 is 5.69 Å². The van der Waals surface area contributed by atoms with Gasteiger partial charge in [0.1, 0.15) is 0 Å². The molecule has 1 aliphatic carbocycles. The van der Waals surface area contributed by atoms with Crippen molar-refractivity contribution in [1.82, 2.24) is 9.55 Å². The average molecular weight is 222 g/mol. The van der Waals surface area contributed by atoms with Crippen LogP contribution in [0.15, 0.2) is 15.7 Å². The first kappa shape index (κ1) is 11.2. The van der Waals surface area contributed by atoms with Crippen LogP contribution in [0, 0.1) is 0 Å². The summed E-state index contributed by atoms with van der Waals surface area (Å²) >= 11 is 0. The first-order valence-electron chi connectivity index (χ1n) is 5.95. The smallest absolute Gasteiger partial charge is 0.311 e. The van der Waals surface area contributed by atoms with Crippen molar-refractivity contribution < 1.29 is 0 Å². The van der Waals surface area contributed by atoms with Crippen LogP contribution in [0.1, 0.15) is 57.2 Å². The third kappa shape index (κ3) is 1.96. The maximum atomic E-state index is 11.8. The summed E-state index contributed by atoms with van der Waals surface area (Å²) in [7, 11) is 0. The highest BCUT2D eigenvalue weighted by molar-refractivity contribution is 5.08. The SMILES string of the molecule is CC(C)n1c(=O)cc(C2CCCC2)[nH]c1=O. The molecule has 0 aliphatic heterocycles. The molecule has 1 aromatic rings. The van der Waals surface area contributed by atoms with Gasteiger partial charge in [-0.2, -0.15) is 0 Å². The van der Waals surface area contributed by atoms with E-state index in [0.29, 0.717) is 5.92 Å². The Kier molecular flexibility index (Phi) is 2.99. The molecule has 0 bridgehead atoms. The van der Waals surface area contributed by atoms with Crippen LogP contribution >= 0.6 is 0 Å². The Morgan fingerprint density at radius 3 is 2.44 bits per heavy atom. The van der Waals surface area contributed by atoms with Gasteiger partial charge < -0.3 is 4.98 Å². The third-order valence-corrected chi connectivity index (χ3v) is 3.30. The fraction of sp³-hybridized carbons (Fsp3) is 0.667. The van der Waals surface area contributed by atoms with Crippen molar-refractivity contribution in [1.29, 1.82) is 0 Å². The van der Waals surface area contributed by atoms with E-state index in [1.165, 1.54) is 17.4 Å². The van der Waals surface area contributed by atoms with E-state index in [-0.39, 0.29) is 17.3 Å². The zero-order valence-electron chi connectivity index (χ0n) is 9.82. The largest absolute Gasteiger partial charge is 0.328 e. The second-order valence-corrected chi connectivity index (χ2v) is 4.81. The predicted octanol–water partition coefficient (Wildman–Crippen LogP) is 1.78. The molecule has 1 heterocycles. The molecule has 16 heavy (non-hydrogen) atoms. The van der Waals surface area contributed by atoms with Crippen molar-refractivity contribution in [2.75, 3.05) is 0 Å². The molecule has 1 saturated carbocycles. The van der Waals surface area contributed by atoms with Gasteiger partial charge in [-0.05, 0) is 32.6 Å². The van der Waals surface area contributed by atoms with Crippen molar-refractivity contribution >= 4 is 0 Å². The molecule has 1 aromatic heterocycles. The molecule has 0 spiro atoms. The normalized spacial score (nSPS) is 17.2. The molecule has 1 aliphatic rings. The highest BCUT2D eigenvalue weighted by atomic mass is 16.2. The van der Waals surface area contributed by atoms with Crippen molar-refractivity contribution in [2.45, 2.75) is 51.5 Å². The summed E-state index contributed by atoms with van der Waals surface area (Å²) < 4.78 is 1.26. The van der Waals surface area contributed by atoms with Crippen molar-refractivity contribution in [2.24, 2.45) is 0 Å². The second kappa shape index (κ2) is 4.28. The van der Waals surface area contributed by atoms with Gasteiger partial charge in [0.2, 0.25) is 0 Å². The molecule has 88 valence electrons. The minimum Gasteiger partial charge on any atom is -0.311 e. The number of nitrogens with one attached hydrogen (secondary N) is 1. The van der Waals surface area contributed by atoms with E-state index < -0.39 is 0 Å². The van der Waals surface area contributed by atoms with Crippen molar-refractivity contribution in [3.63, 3.8) is 0 Å². The molecule has 4 heteroatoms. The van der Waals surface area contributed by atoms with Crippen LogP contribution in [0.3, 0.4) is 0 Å². The maximum absolute atomic E-state index is 11.8. The molecular weight excluding hydrogens is 204 g/mol. The quantitative estimate of drug-likeness (QED) is 0.829. The first-order chi connectivity index (χ1) is 7.59. The Labute approximate surface area is 94.3 Å². The Balaban J connectivity index is 2.44. The molecule has 2 rings (SSSR count). The zero-order chi connectivity index (χ0) is 11.7. The second-order valence-electron chi connectivity index (χ2n) is 4.81. The summed E-state index contributed by atoms with van der Waals surface area (Å²) in [5, 5.41) is 0. The molecule has 0 amide bonds. The van der Waals surface area contributed by atoms with Crippen LogP contribution in [0.4, 0.5) is 0 Å². The summed E-state index contributed by atoms with van der Waals surface area (Å²) in [6.07, 6.45) is 4.56. The van der Waals surface area contributed by atoms with E-state index in [1.807, 2.05) is 13.8 Å². The van der Waals surface area contributed by atoms with E-state index in [0.717, 1.165) is 18.5 Å². The third-order valence-electron chi connectivity index (χ3n) is 3.30. The molecule has 4 nitrogen and oxygen atoms in total. The molecule has 0 aromatic carbocycles. The summed E-state index contributed by atoms with van der Waals surface area (Å²) in [4.78, 5) is 26.4. The zero-order valence-corrected chi connectivity index (χ0v) is 9.82. The number of aromatic nitrogens is 2. The topological polar surface area (TPSA) is 54.9 Å². The maximum Gasteiger partial charge on any atom is 0.328 e. The van der Waals surface area contributed by atoms with Crippen LogP contribution < -0.4 is 11.2 Å². The summed E-state index contributed by atoms with van der Waals surface area (Å²) in [5.41, 5.74) is 0.370. The summed E-state index contributed by atoms with van der Waals surface area (Å²) in [6.45, 7) is 3.68. The van der Waals surface area contributed by atoms with E-state index in [9.17, 15) is 9.59 Å². The number of aromatic amines is 1. The molecule has 0 unspecified atom stereocenters.